The molecule has 0 saturated heterocycles. The summed E-state index contributed by atoms with van der Waals surface area (Å²) in [5.74, 6) is -0.292. The highest BCUT2D eigenvalue weighted by Crippen LogP contribution is 2.32. The van der Waals surface area contributed by atoms with Gasteiger partial charge in [0.15, 0.2) is 0 Å². The molecular formula is C15H14ClFN2S. The van der Waals surface area contributed by atoms with Crippen molar-refractivity contribution in [2.75, 3.05) is 11.4 Å². The highest BCUT2D eigenvalue weighted by atomic mass is 35.5. The van der Waals surface area contributed by atoms with Crippen LogP contribution in [-0.4, -0.2) is 11.5 Å². The van der Waals surface area contributed by atoms with Crippen molar-refractivity contribution in [1.29, 1.82) is 0 Å². The van der Waals surface area contributed by atoms with E-state index < -0.39 is 0 Å². The standard InChI is InChI=1S/C15H14ClFN2S/c1-2-19(11-6-3-5-10(17)9-11)13-8-4-7-12(16)14(13)15(18)20/h3-9H,2H2,1H3,(H2,18,20). The van der Waals surface area contributed by atoms with E-state index in [0.717, 1.165) is 11.4 Å². The van der Waals surface area contributed by atoms with Gasteiger partial charge in [0, 0.05) is 12.2 Å². The van der Waals surface area contributed by atoms with Gasteiger partial charge in [-0.1, -0.05) is 36.0 Å². The first kappa shape index (κ1) is 14.8. The number of nitrogens with two attached hydrogens (primary N) is 1. The Morgan fingerprint density at radius 2 is 2.00 bits per heavy atom. The number of thiocarbonyl (C=S) groups is 1. The van der Waals surface area contributed by atoms with Crippen LogP contribution >= 0.6 is 23.8 Å². The molecule has 0 atom stereocenters. The Kier molecular flexibility index (Phi) is 4.57. The SMILES string of the molecule is CCN(c1cccc(F)c1)c1cccc(Cl)c1C(N)=S. The predicted octanol–water partition coefficient (Wildman–Crippen LogP) is 4.27. The Morgan fingerprint density at radius 3 is 2.60 bits per heavy atom. The summed E-state index contributed by atoms with van der Waals surface area (Å²) in [7, 11) is 0. The molecule has 2 N–H and O–H groups in total. The number of halogens is 2. The summed E-state index contributed by atoms with van der Waals surface area (Å²) in [4.78, 5) is 2.14. The molecule has 5 heteroatoms. The predicted molar refractivity (Wildman–Crippen MR) is 86.4 cm³/mol. The van der Waals surface area contributed by atoms with E-state index in [0.29, 0.717) is 17.1 Å². The molecule has 0 fully saturated rings. The first-order valence-electron chi connectivity index (χ1n) is 6.16. The van der Waals surface area contributed by atoms with E-state index in [1.807, 2.05) is 30.0 Å². The van der Waals surface area contributed by atoms with Crippen molar-refractivity contribution in [3.8, 4) is 0 Å². The lowest BCUT2D eigenvalue weighted by Gasteiger charge is -2.26. The zero-order chi connectivity index (χ0) is 14.7. The normalized spacial score (nSPS) is 10.3. The Morgan fingerprint density at radius 1 is 1.30 bits per heavy atom. The largest absolute Gasteiger partial charge is 0.389 e. The molecule has 2 nitrogen and oxygen atoms in total. The second kappa shape index (κ2) is 6.20. The smallest absolute Gasteiger partial charge is 0.125 e. The highest BCUT2D eigenvalue weighted by molar-refractivity contribution is 7.80. The van der Waals surface area contributed by atoms with Gasteiger partial charge < -0.3 is 10.6 Å². The highest BCUT2D eigenvalue weighted by Gasteiger charge is 2.16. The fourth-order valence-corrected chi connectivity index (χ4v) is 2.66. The lowest BCUT2D eigenvalue weighted by atomic mass is 10.1. The number of rotatable bonds is 4. The van der Waals surface area contributed by atoms with Crippen LogP contribution in [0.25, 0.3) is 0 Å². The third-order valence-electron chi connectivity index (χ3n) is 2.96. The van der Waals surface area contributed by atoms with Gasteiger partial charge in [0.1, 0.15) is 10.8 Å². The topological polar surface area (TPSA) is 29.3 Å². The van der Waals surface area contributed by atoms with E-state index in [-0.39, 0.29) is 10.8 Å². The molecule has 0 amide bonds. The third-order valence-corrected chi connectivity index (χ3v) is 3.48. The maximum Gasteiger partial charge on any atom is 0.125 e. The van der Waals surface area contributed by atoms with Crippen molar-refractivity contribution < 1.29 is 4.39 Å². The molecule has 2 rings (SSSR count). The Balaban J connectivity index is 2.58. The number of hydrogen-bond acceptors (Lipinski definition) is 2. The van der Waals surface area contributed by atoms with Crippen LogP contribution in [0.4, 0.5) is 15.8 Å². The third kappa shape index (κ3) is 2.92. The first-order valence-corrected chi connectivity index (χ1v) is 6.94. The van der Waals surface area contributed by atoms with E-state index >= 15 is 0 Å². The van der Waals surface area contributed by atoms with Gasteiger partial charge in [0.2, 0.25) is 0 Å². The minimum Gasteiger partial charge on any atom is -0.389 e. The van der Waals surface area contributed by atoms with Crippen molar-refractivity contribution in [3.05, 3.63) is 58.9 Å². The summed E-state index contributed by atoms with van der Waals surface area (Å²) in [6.07, 6.45) is 0. The maximum atomic E-state index is 13.4. The van der Waals surface area contributed by atoms with Crippen molar-refractivity contribution >= 4 is 40.2 Å². The van der Waals surface area contributed by atoms with Gasteiger partial charge in [-0.05, 0) is 37.3 Å². The number of anilines is 2. The van der Waals surface area contributed by atoms with Crippen LogP contribution in [0.1, 0.15) is 12.5 Å². The summed E-state index contributed by atoms with van der Waals surface area (Å²) in [5, 5.41) is 0.491. The van der Waals surface area contributed by atoms with Crippen LogP contribution < -0.4 is 10.6 Å². The number of hydrogen-bond donors (Lipinski definition) is 1. The molecule has 0 bridgehead atoms. The lowest BCUT2D eigenvalue weighted by Crippen LogP contribution is -2.21. The molecule has 0 saturated carbocycles. The summed E-state index contributed by atoms with van der Waals surface area (Å²) >= 11 is 11.2. The Bertz CT molecular complexity index is 646. The Labute approximate surface area is 128 Å². The zero-order valence-electron chi connectivity index (χ0n) is 10.9. The van der Waals surface area contributed by atoms with E-state index in [9.17, 15) is 4.39 Å². The molecule has 0 radical (unpaired) electrons. The van der Waals surface area contributed by atoms with Crippen LogP contribution in [0.2, 0.25) is 5.02 Å². The molecule has 0 heterocycles. The van der Waals surface area contributed by atoms with Gasteiger partial charge >= 0.3 is 0 Å². The molecule has 104 valence electrons. The van der Waals surface area contributed by atoms with E-state index in [1.165, 1.54) is 12.1 Å². The first-order chi connectivity index (χ1) is 9.54. The molecule has 20 heavy (non-hydrogen) atoms. The Hall–Kier alpha value is -1.65. The molecule has 0 aliphatic carbocycles. The zero-order valence-corrected chi connectivity index (χ0v) is 12.5. The molecule has 0 aliphatic heterocycles. The van der Waals surface area contributed by atoms with Crippen molar-refractivity contribution in [2.45, 2.75) is 6.92 Å². The van der Waals surface area contributed by atoms with Crippen LogP contribution in [0.5, 0.6) is 0 Å². The molecule has 0 spiro atoms. The fourth-order valence-electron chi connectivity index (χ4n) is 2.12. The van der Waals surface area contributed by atoms with Crippen LogP contribution in [0.3, 0.4) is 0 Å². The summed E-state index contributed by atoms with van der Waals surface area (Å²) in [5.41, 5.74) is 7.87. The van der Waals surface area contributed by atoms with Gasteiger partial charge in [-0.25, -0.2) is 4.39 Å². The van der Waals surface area contributed by atoms with E-state index in [1.54, 1.807) is 12.1 Å². The summed E-state index contributed by atoms with van der Waals surface area (Å²) in [6, 6.07) is 11.8. The monoisotopic (exact) mass is 308 g/mol. The molecule has 0 aliphatic rings. The molecule has 0 aromatic heterocycles. The van der Waals surface area contributed by atoms with Crippen LogP contribution in [0, 0.1) is 5.82 Å². The molecular weight excluding hydrogens is 295 g/mol. The van der Waals surface area contributed by atoms with Crippen molar-refractivity contribution in [2.24, 2.45) is 5.73 Å². The van der Waals surface area contributed by atoms with Crippen molar-refractivity contribution in [1.82, 2.24) is 0 Å². The quantitative estimate of drug-likeness (QED) is 0.855. The second-order valence-electron chi connectivity index (χ2n) is 4.22. The molecule has 0 unspecified atom stereocenters. The van der Waals surface area contributed by atoms with Crippen LogP contribution in [-0.2, 0) is 0 Å². The van der Waals surface area contributed by atoms with Gasteiger partial charge in [-0.3, -0.25) is 0 Å². The molecule has 2 aromatic rings. The fraction of sp³-hybridized carbons (Fsp3) is 0.133. The summed E-state index contributed by atoms with van der Waals surface area (Å²) in [6.45, 7) is 2.61. The van der Waals surface area contributed by atoms with Gasteiger partial charge in [0.05, 0.1) is 16.3 Å². The molecule has 2 aromatic carbocycles. The van der Waals surface area contributed by atoms with Gasteiger partial charge in [-0.15, -0.1) is 0 Å². The average Bonchev–Trinajstić information content (AvgIpc) is 2.39. The van der Waals surface area contributed by atoms with E-state index in [2.05, 4.69) is 0 Å². The van der Waals surface area contributed by atoms with Crippen LogP contribution in [0.15, 0.2) is 42.5 Å². The minimum absolute atomic E-state index is 0.223. The number of benzene rings is 2. The summed E-state index contributed by atoms with van der Waals surface area (Å²) < 4.78 is 13.4. The second-order valence-corrected chi connectivity index (χ2v) is 5.07. The maximum absolute atomic E-state index is 13.4. The van der Waals surface area contributed by atoms with Gasteiger partial charge in [-0.2, -0.15) is 0 Å². The minimum atomic E-state index is -0.292. The van der Waals surface area contributed by atoms with Gasteiger partial charge in [0.25, 0.3) is 0 Å². The number of nitrogens with zero attached hydrogens (tertiary/aromatic N) is 1. The lowest BCUT2D eigenvalue weighted by molar-refractivity contribution is 0.627. The average molecular weight is 309 g/mol. The van der Waals surface area contributed by atoms with E-state index in [4.69, 9.17) is 29.6 Å². The van der Waals surface area contributed by atoms with Crippen molar-refractivity contribution in [3.63, 3.8) is 0 Å².